The van der Waals surface area contributed by atoms with E-state index in [4.69, 9.17) is 0 Å². The van der Waals surface area contributed by atoms with E-state index in [-0.39, 0.29) is 18.4 Å². The van der Waals surface area contributed by atoms with Crippen LogP contribution in [0.3, 0.4) is 0 Å². The van der Waals surface area contributed by atoms with Crippen molar-refractivity contribution < 1.29 is 5.11 Å². The van der Waals surface area contributed by atoms with Crippen LogP contribution in [-0.4, -0.2) is 18.2 Å². The molecule has 86 valence electrons. The zero-order valence-electron chi connectivity index (χ0n) is 9.74. The Morgan fingerprint density at radius 2 is 1.80 bits per heavy atom. The Morgan fingerprint density at radius 1 is 1.20 bits per heavy atom. The third kappa shape index (κ3) is 3.49. The molecule has 0 aromatic heterocycles. The van der Waals surface area contributed by atoms with E-state index in [1.54, 1.807) is 0 Å². The van der Waals surface area contributed by atoms with Gasteiger partial charge in [-0.1, -0.05) is 18.2 Å². The number of nitrogens with one attached hydrogen (secondary N) is 1. The topological polar surface area (TPSA) is 32.3 Å². The smallest absolute Gasteiger partial charge is 0.0940 e. The van der Waals surface area contributed by atoms with Crippen LogP contribution in [0.25, 0.3) is 0 Å². The first-order valence-corrected chi connectivity index (χ1v) is 4.98. The summed E-state index contributed by atoms with van der Waals surface area (Å²) in [5.41, 5.74) is 3.47. The van der Waals surface area contributed by atoms with Gasteiger partial charge in [-0.15, -0.1) is 12.4 Å². The van der Waals surface area contributed by atoms with Crippen molar-refractivity contribution in [3.05, 3.63) is 34.9 Å². The molecule has 2 N–H and O–H groups in total. The lowest BCUT2D eigenvalue weighted by Gasteiger charge is -2.19. The molecule has 1 rings (SSSR count). The van der Waals surface area contributed by atoms with Crippen molar-refractivity contribution in [2.75, 3.05) is 7.05 Å². The summed E-state index contributed by atoms with van der Waals surface area (Å²) in [5, 5.41) is 13.0. The largest absolute Gasteiger partial charge is 0.387 e. The Morgan fingerprint density at radius 3 is 2.27 bits per heavy atom. The number of rotatable bonds is 3. The number of aliphatic hydroxyl groups excluding tert-OH is 1. The molecule has 0 heterocycles. The molecule has 2 atom stereocenters. The number of likely N-dealkylation sites (N-methyl/N-ethyl adjacent to an activating group) is 1. The first kappa shape index (κ1) is 14.4. The second-order valence-corrected chi connectivity index (χ2v) is 3.87. The first-order chi connectivity index (χ1) is 6.56. The lowest BCUT2D eigenvalue weighted by Crippen LogP contribution is -2.28. The van der Waals surface area contributed by atoms with E-state index in [1.165, 1.54) is 11.1 Å². The summed E-state index contributed by atoms with van der Waals surface area (Å²) in [6.07, 6.45) is -0.431. The van der Waals surface area contributed by atoms with Crippen LogP contribution in [0.15, 0.2) is 18.2 Å². The summed E-state index contributed by atoms with van der Waals surface area (Å²) in [4.78, 5) is 0. The van der Waals surface area contributed by atoms with Crippen molar-refractivity contribution in [3.63, 3.8) is 0 Å². The van der Waals surface area contributed by atoms with Crippen LogP contribution in [-0.2, 0) is 0 Å². The van der Waals surface area contributed by atoms with Crippen molar-refractivity contribution in [3.8, 4) is 0 Å². The number of hydrogen-bond acceptors (Lipinski definition) is 2. The number of halogens is 1. The molecule has 1 aromatic carbocycles. The second-order valence-electron chi connectivity index (χ2n) is 3.87. The van der Waals surface area contributed by atoms with Gasteiger partial charge in [-0.25, -0.2) is 0 Å². The van der Waals surface area contributed by atoms with Gasteiger partial charge in [0, 0.05) is 6.04 Å². The number of hydrogen-bond donors (Lipinski definition) is 2. The summed E-state index contributed by atoms with van der Waals surface area (Å²) in [5.74, 6) is 0. The standard InChI is InChI=1S/C12H19NO.ClH/c1-8-5-6-11(7-9(8)2)12(14)10(3)13-4;/h5-7,10,12-14H,1-4H3;1H/t10-,12-;/m1./s1. The monoisotopic (exact) mass is 229 g/mol. The molecule has 0 fully saturated rings. The van der Waals surface area contributed by atoms with Crippen molar-refractivity contribution >= 4 is 12.4 Å². The lowest BCUT2D eigenvalue weighted by molar-refractivity contribution is 0.140. The Kier molecular flexibility index (Phi) is 5.88. The fourth-order valence-electron chi connectivity index (χ4n) is 1.40. The van der Waals surface area contributed by atoms with E-state index in [0.29, 0.717) is 0 Å². The van der Waals surface area contributed by atoms with Crippen LogP contribution in [0.1, 0.15) is 29.7 Å². The van der Waals surface area contributed by atoms with E-state index in [9.17, 15) is 5.11 Å². The molecule has 0 aliphatic carbocycles. The van der Waals surface area contributed by atoms with E-state index in [2.05, 4.69) is 25.2 Å². The van der Waals surface area contributed by atoms with Gasteiger partial charge >= 0.3 is 0 Å². The van der Waals surface area contributed by atoms with Crippen molar-refractivity contribution in [1.82, 2.24) is 5.32 Å². The van der Waals surface area contributed by atoms with Crippen molar-refractivity contribution in [2.24, 2.45) is 0 Å². The lowest BCUT2D eigenvalue weighted by atomic mass is 9.99. The number of benzene rings is 1. The van der Waals surface area contributed by atoms with Gasteiger partial charge in [0.15, 0.2) is 0 Å². The second kappa shape index (κ2) is 6.11. The predicted octanol–water partition coefficient (Wildman–Crippen LogP) is 2.37. The minimum Gasteiger partial charge on any atom is -0.387 e. The average Bonchev–Trinajstić information content (AvgIpc) is 2.20. The van der Waals surface area contributed by atoms with Gasteiger partial charge < -0.3 is 10.4 Å². The Labute approximate surface area is 98.1 Å². The van der Waals surface area contributed by atoms with Gasteiger partial charge in [0.25, 0.3) is 0 Å². The highest BCUT2D eigenvalue weighted by Crippen LogP contribution is 2.19. The molecule has 0 unspecified atom stereocenters. The van der Waals surface area contributed by atoms with Crippen LogP contribution in [0.2, 0.25) is 0 Å². The van der Waals surface area contributed by atoms with Gasteiger partial charge in [-0.2, -0.15) is 0 Å². The summed E-state index contributed by atoms with van der Waals surface area (Å²) in [6, 6.07) is 6.17. The van der Waals surface area contributed by atoms with Crippen LogP contribution >= 0.6 is 12.4 Å². The maximum absolute atomic E-state index is 9.94. The highest BCUT2D eigenvalue weighted by molar-refractivity contribution is 5.85. The average molecular weight is 230 g/mol. The van der Waals surface area contributed by atoms with E-state index < -0.39 is 6.10 Å². The Hall–Kier alpha value is -0.570. The molecule has 0 saturated carbocycles. The summed E-state index contributed by atoms with van der Waals surface area (Å²) in [6.45, 7) is 6.11. The number of aryl methyl sites for hydroxylation is 2. The summed E-state index contributed by atoms with van der Waals surface area (Å²) >= 11 is 0. The SMILES string of the molecule is CN[C@H](C)[C@@H](O)c1ccc(C)c(C)c1.Cl. The summed E-state index contributed by atoms with van der Waals surface area (Å²) in [7, 11) is 1.86. The third-order valence-corrected chi connectivity index (χ3v) is 2.80. The molecule has 1 aromatic rings. The van der Waals surface area contributed by atoms with Crippen molar-refractivity contribution in [1.29, 1.82) is 0 Å². The van der Waals surface area contributed by atoms with Crippen LogP contribution < -0.4 is 5.32 Å². The molecule has 0 aliphatic rings. The first-order valence-electron chi connectivity index (χ1n) is 4.98. The normalized spacial score (nSPS) is 14.2. The minimum atomic E-state index is -0.431. The van der Waals surface area contributed by atoms with Crippen LogP contribution in [0, 0.1) is 13.8 Å². The number of aliphatic hydroxyl groups is 1. The zero-order valence-corrected chi connectivity index (χ0v) is 10.6. The molecule has 0 aliphatic heterocycles. The van der Waals surface area contributed by atoms with Gasteiger partial charge in [0.2, 0.25) is 0 Å². The third-order valence-electron chi connectivity index (χ3n) is 2.80. The molecular formula is C12H20ClNO. The van der Waals surface area contributed by atoms with Crippen LogP contribution in [0.5, 0.6) is 0 Å². The highest BCUT2D eigenvalue weighted by Gasteiger charge is 2.14. The predicted molar refractivity (Wildman–Crippen MR) is 66.6 cm³/mol. The summed E-state index contributed by atoms with van der Waals surface area (Å²) < 4.78 is 0. The van der Waals surface area contributed by atoms with Crippen LogP contribution in [0.4, 0.5) is 0 Å². The molecular weight excluding hydrogens is 210 g/mol. The molecule has 0 saturated heterocycles. The maximum atomic E-state index is 9.94. The van der Waals surface area contributed by atoms with Gasteiger partial charge in [0.1, 0.15) is 0 Å². The van der Waals surface area contributed by atoms with E-state index in [1.807, 2.05) is 26.1 Å². The minimum absolute atomic E-state index is 0. The molecule has 0 radical (unpaired) electrons. The fraction of sp³-hybridized carbons (Fsp3) is 0.500. The quantitative estimate of drug-likeness (QED) is 0.834. The molecule has 15 heavy (non-hydrogen) atoms. The van der Waals surface area contributed by atoms with Gasteiger partial charge in [-0.05, 0) is 44.5 Å². The maximum Gasteiger partial charge on any atom is 0.0940 e. The van der Waals surface area contributed by atoms with Gasteiger partial charge in [0.05, 0.1) is 6.10 Å². The molecule has 0 amide bonds. The molecule has 0 bridgehead atoms. The Balaban J connectivity index is 0.00000196. The zero-order chi connectivity index (χ0) is 10.7. The van der Waals surface area contributed by atoms with E-state index >= 15 is 0 Å². The van der Waals surface area contributed by atoms with Gasteiger partial charge in [-0.3, -0.25) is 0 Å². The highest BCUT2D eigenvalue weighted by atomic mass is 35.5. The van der Waals surface area contributed by atoms with E-state index in [0.717, 1.165) is 5.56 Å². The van der Waals surface area contributed by atoms with Crippen molar-refractivity contribution in [2.45, 2.75) is 32.9 Å². The molecule has 0 spiro atoms. The molecule has 3 heteroatoms. The fourth-order valence-corrected chi connectivity index (χ4v) is 1.40. The Bertz CT molecular complexity index is 314. The molecule has 2 nitrogen and oxygen atoms in total.